The number of hydrogen-bond donors (Lipinski definition) is 2. The minimum Gasteiger partial charge on any atom is -0.493 e. The zero-order valence-corrected chi connectivity index (χ0v) is 9.98. The molecule has 0 radical (unpaired) electrons. The molecule has 92 valence electrons. The van der Waals surface area contributed by atoms with Crippen molar-refractivity contribution in [2.45, 2.75) is 25.4 Å². The van der Waals surface area contributed by atoms with Crippen LogP contribution in [0.3, 0.4) is 0 Å². The summed E-state index contributed by atoms with van der Waals surface area (Å²) in [6, 6.07) is 6.13. The van der Waals surface area contributed by atoms with Crippen LogP contribution in [0, 0.1) is 5.92 Å². The second-order valence-electron chi connectivity index (χ2n) is 5.00. The van der Waals surface area contributed by atoms with Crippen molar-refractivity contribution in [3.63, 3.8) is 0 Å². The Hall–Kier alpha value is -1.06. The van der Waals surface area contributed by atoms with Crippen LogP contribution in [0.1, 0.15) is 30.1 Å². The summed E-state index contributed by atoms with van der Waals surface area (Å²) in [4.78, 5) is 0. The molecule has 3 rings (SSSR count). The lowest BCUT2D eigenvalue weighted by Crippen LogP contribution is -2.30. The molecule has 3 heteroatoms. The van der Waals surface area contributed by atoms with E-state index in [1.807, 2.05) is 12.1 Å². The molecule has 0 spiro atoms. The summed E-state index contributed by atoms with van der Waals surface area (Å²) in [6.07, 6.45) is 2.79. The average molecular weight is 233 g/mol. The normalized spacial score (nSPS) is 21.9. The first-order valence-corrected chi connectivity index (χ1v) is 6.49. The number of nitrogens with one attached hydrogen (secondary N) is 1. The maximum Gasteiger partial charge on any atom is 0.122 e. The van der Waals surface area contributed by atoms with Crippen molar-refractivity contribution in [1.82, 2.24) is 5.32 Å². The van der Waals surface area contributed by atoms with Gasteiger partial charge in [0.1, 0.15) is 5.75 Å². The fourth-order valence-corrected chi connectivity index (χ4v) is 2.82. The Bertz CT molecular complexity index is 399. The molecule has 0 saturated carbocycles. The Morgan fingerprint density at radius 1 is 1.29 bits per heavy atom. The van der Waals surface area contributed by atoms with Crippen LogP contribution in [-0.4, -0.2) is 24.8 Å². The Labute approximate surface area is 102 Å². The molecule has 1 aromatic carbocycles. The average Bonchev–Trinajstić information content (AvgIpc) is 2.86. The van der Waals surface area contributed by atoms with Gasteiger partial charge in [-0.3, -0.25) is 0 Å². The first kappa shape index (κ1) is 11.1. The molecule has 1 saturated heterocycles. The maximum absolute atomic E-state index is 10.4. The smallest absolute Gasteiger partial charge is 0.122 e. The van der Waals surface area contributed by atoms with Gasteiger partial charge in [-0.05, 0) is 55.1 Å². The molecule has 2 aliphatic rings. The van der Waals surface area contributed by atoms with E-state index >= 15 is 0 Å². The fourth-order valence-electron chi connectivity index (χ4n) is 2.82. The lowest BCUT2D eigenvalue weighted by atomic mass is 9.87. The van der Waals surface area contributed by atoms with Gasteiger partial charge in [0.25, 0.3) is 0 Å². The fraction of sp³-hybridized carbons (Fsp3) is 0.571. The summed E-state index contributed by atoms with van der Waals surface area (Å²) >= 11 is 0. The number of piperidine rings is 1. The molecule has 17 heavy (non-hydrogen) atoms. The van der Waals surface area contributed by atoms with E-state index in [2.05, 4.69) is 11.4 Å². The van der Waals surface area contributed by atoms with Crippen molar-refractivity contribution in [3.05, 3.63) is 29.3 Å². The molecule has 3 nitrogen and oxygen atoms in total. The van der Waals surface area contributed by atoms with Crippen molar-refractivity contribution in [2.75, 3.05) is 19.7 Å². The lowest BCUT2D eigenvalue weighted by Gasteiger charge is -2.27. The quantitative estimate of drug-likeness (QED) is 0.816. The molecule has 1 atom stereocenters. The molecule has 2 N–H and O–H groups in total. The Morgan fingerprint density at radius 3 is 2.94 bits per heavy atom. The van der Waals surface area contributed by atoms with Gasteiger partial charge in [-0.2, -0.15) is 0 Å². The zero-order chi connectivity index (χ0) is 11.7. The largest absolute Gasteiger partial charge is 0.493 e. The van der Waals surface area contributed by atoms with Crippen LogP contribution >= 0.6 is 0 Å². The van der Waals surface area contributed by atoms with Crippen LogP contribution in [0.4, 0.5) is 0 Å². The van der Waals surface area contributed by atoms with Gasteiger partial charge in [-0.15, -0.1) is 0 Å². The van der Waals surface area contributed by atoms with E-state index in [1.54, 1.807) is 0 Å². The van der Waals surface area contributed by atoms with Gasteiger partial charge in [-0.25, -0.2) is 0 Å². The maximum atomic E-state index is 10.4. The predicted molar refractivity (Wildman–Crippen MR) is 66.2 cm³/mol. The summed E-state index contributed by atoms with van der Waals surface area (Å²) in [5, 5.41) is 13.7. The van der Waals surface area contributed by atoms with Crippen molar-refractivity contribution in [3.8, 4) is 5.75 Å². The van der Waals surface area contributed by atoms with Crippen LogP contribution in [0.15, 0.2) is 18.2 Å². The summed E-state index contributed by atoms with van der Waals surface area (Å²) in [5.41, 5.74) is 2.30. The van der Waals surface area contributed by atoms with E-state index in [9.17, 15) is 5.11 Å². The van der Waals surface area contributed by atoms with Crippen LogP contribution in [0.25, 0.3) is 0 Å². The minimum absolute atomic E-state index is 0.317. The van der Waals surface area contributed by atoms with Gasteiger partial charge in [0.05, 0.1) is 12.7 Å². The monoisotopic (exact) mass is 233 g/mol. The van der Waals surface area contributed by atoms with E-state index in [1.165, 1.54) is 5.56 Å². The number of ether oxygens (including phenoxy) is 1. The molecule has 1 aromatic rings. The number of benzene rings is 1. The highest BCUT2D eigenvalue weighted by Gasteiger charge is 2.24. The third-order valence-electron chi connectivity index (χ3n) is 3.89. The molecule has 1 fully saturated rings. The topological polar surface area (TPSA) is 41.5 Å². The second-order valence-corrected chi connectivity index (χ2v) is 5.00. The SMILES string of the molecule is OC(c1ccc2c(c1)CCO2)C1CCNCC1. The third kappa shape index (κ3) is 2.17. The molecule has 2 heterocycles. The Balaban J connectivity index is 1.78. The number of hydrogen-bond acceptors (Lipinski definition) is 3. The zero-order valence-electron chi connectivity index (χ0n) is 9.98. The van der Waals surface area contributed by atoms with Gasteiger partial charge in [0, 0.05) is 6.42 Å². The number of fused-ring (bicyclic) bond motifs is 1. The molecule has 2 aliphatic heterocycles. The highest BCUT2D eigenvalue weighted by atomic mass is 16.5. The minimum atomic E-state index is -0.317. The molecule has 1 unspecified atom stereocenters. The van der Waals surface area contributed by atoms with Crippen molar-refractivity contribution in [2.24, 2.45) is 5.92 Å². The molecule has 0 aromatic heterocycles. The first-order valence-electron chi connectivity index (χ1n) is 6.49. The van der Waals surface area contributed by atoms with Gasteiger partial charge in [0.2, 0.25) is 0 Å². The third-order valence-corrected chi connectivity index (χ3v) is 3.89. The van der Waals surface area contributed by atoms with E-state index in [0.717, 1.165) is 50.3 Å². The molecular weight excluding hydrogens is 214 g/mol. The van der Waals surface area contributed by atoms with Gasteiger partial charge < -0.3 is 15.2 Å². The summed E-state index contributed by atoms with van der Waals surface area (Å²) < 4.78 is 5.49. The summed E-state index contributed by atoms with van der Waals surface area (Å²) in [6.45, 7) is 2.83. The molecule has 0 bridgehead atoms. The number of aliphatic hydroxyl groups excluding tert-OH is 1. The van der Waals surface area contributed by atoms with E-state index < -0.39 is 0 Å². The van der Waals surface area contributed by atoms with Crippen LogP contribution < -0.4 is 10.1 Å². The molecule has 0 amide bonds. The second kappa shape index (κ2) is 4.67. The first-order chi connectivity index (χ1) is 8.34. The van der Waals surface area contributed by atoms with E-state index in [0.29, 0.717) is 5.92 Å². The highest BCUT2D eigenvalue weighted by Crippen LogP contribution is 2.33. The van der Waals surface area contributed by atoms with Gasteiger partial charge in [-0.1, -0.05) is 6.07 Å². The van der Waals surface area contributed by atoms with Crippen LogP contribution in [0.2, 0.25) is 0 Å². The van der Waals surface area contributed by atoms with Gasteiger partial charge in [0.15, 0.2) is 0 Å². The number of aliphatic hydroxyl groups is 1. The van der Waals surface area contributed by atoms with Gasteiger partial charge >= 0.3 is 0 Å². The summed E-state index contributed by atoms with van der Waals surface area (Å²) in [7, 11) is 0. The van der Waals surface area contributed by atoms with Crippen LogP contribution in [-0.2, 0) is 6.42 Å². The van der Waals surface area contributed by atoms with Crippen molar-refractivity contribution < 1.29 is 9.84 Å². The number of rotatable bonds is 2. The Morgan fingerprint density at radius 2 is 2.12 bits per heavy atom. The standard InChI is InChI=1S/C14H19NO2/c16-14(10-3-6-15-7-4-10)12-1-2-13-11(9-12)5-8-17-13/h1-2,9-10,14-16H,3-8H2. The molecular formula is C14H19NO2. The van der Waals surface area contributed by atoms with Crippen molar-refractivity contribution in [1.29, 1.82) is 0 Å². The van der Waals surface area contributed by atoms with Crippen molar-refractivity contribution >= 4 is 0 Å². The Kier molecular flexibility index (Phi) is 3.04. The van der Waals surface area contributed by atoms with Crippen LogP contribution in [0.5, 0.6) is 5.75 Å². The van der Waals surface area contributed by atoms with E-state index in [4.69, 9.17) is 4.74 Å². The highest BCUT2D eigenvalue weighted by molar-refractivity contribution is 5.40. The lowest BCUT2D eigenvalue weighted by molar-refractivity contribution is 0.0889. The predicted octanol–water partition coefficient (Wildman–Crippen LogP) is 1.65. The summed E-state index contributed by atoms with van der Waals surface area (Å²) in [5.74, 6) is 1.39. The molecule has 0 aliphatic carbocycles. The van der Waals surface area contributed by atoms with E-state index in [-0.39, 0.29) is 6.10 Å².